The minimum Gasteiger partial charge on any atom is -0.496 e. The first-order valence-electron chi connectivity index (χ1n) is 10.9. The molecule has 4 aromatic rings. The SMILES string of the molecule is CNCc1ccc(-c2nnc(-c3nc(-c4ccc(S(=O)(=O)C(C)C)cc4)cnc3N)o2)c(OC)c1.[HH].[HH].[HH]. The van der Waals surface area contributed by atoms with Crippen LogP contribution in [0.5, 0.6) is 5.75 Å². The standard InChI is InChI=1S/C24H26N6O4S.3H2/c1-14(2)35(31,32)17-8-6-16(7-9-17)19-13-27-22(25)21(28-19)24-30-29-23(34-24)18-10-5-15(12-26-3)11-20(18)33-4;;;/h5-11,13-14,26H,12H2,1-4H3,(H2,25,27);3*1H. The molecule has 2 heterocycles. The predicted molar refractivity (Wildman–Crippen MR) is 139 cm³/mol. The summed E-state index contributed by atoms with van der Waals surface area (Å²) in [5.41, 5.74) is 9.12. The zero-order valence-corrected chi connectivity index (χ0v) is 20.6. The molecule has 188 valence electrons. The number of nitrogens with one attached hydrogen (secondary N) is 1. The molecule has 0 unspecified atom stereocenters. The number of hydrogen-bond acceptors (Lipinski definition) is 10. The molecule has 0 aliphatic heterocycles. The number of benzene rings is 2. The molecule has 4 rings (SSSR count). The lowest BCUT2D eigenvalue weighted by atomic mass is 10.1. The summed E-state index contributed by atoms with van der Waals surface area (Å²) in [6, 6.07) is 12.1. The summed E-state index contributed by atoms with van der Waals surface area (Å²) in [6.45, 7) is 3.98. The van der Waals surface area contributed by atoms with Crippen LogP contribution in [0.2, 0.25) is 0 Å². The van der Waals surface area contributed by atoms with Crippen LogP contribution in [0.25, 0.3) is 34.3 Å². The van der Waals surface area contributed by atoms with Crippen LogP contribution in [-0.4, -0.2) is 48.0 Å². The van der Waals surface area contributed by atoms with Crippen molar-refractivity contribution in [1.29, 1.82) is 0 Å². The van der Waals surface area contributed by atoms with Gasteiger partial charge in [0.25, 0.3) is 11.8 Å². The van der Waals surface area contributed by atoms with Gasteiger partial charge in [0.1, 0.15) is 5.75 Å². The second kappa shape index (κ2) is 9.80. The molecule has 0 radical (unpaired) electrons. The average Bonchev–Trinajstić information content (AvgIpc) is 3.34. The number of aromatic nitrogens is 4. The predicted octanol–water partition coefficient (Wildman–Crippen LogP) is 4.09. The van der Waals surface area contributed by atoms with Crippen molar-refractivity contribution >= 4 is 15.7 Å². The molecule has 10 nitrogen and oxygen atoms in total. The Morgan fingerprint density at radius 1 is 1.11 bits per heavy atom. The molecule has 0 aliphatic rings. The molecule has 0 fully saturated rings. The zero-order valence-electron chi connectivity index (χ0n) is 19.8. The Balaban J connectivity index is 0.00000241. The van der Waals surface area contributed by atoms with Gasteiger partial charge >= 0.3 is 0 Å². The van der Waals surface area contributed by atoms with Gasteiger partial charge in [0.2, 0.25) is 0 Å². The van der Waals surface area contributed by atoms with Crippen molar-refractivity contribution in [3.05, 3.63) is 54.2 Å². The Bertz CT molecular complexity index is 1460. The van der Waals surface area contributed by atoms with E-state index in [0.29, 0.717) is 29.1 Å². The number of methoxy groups -OCH3 is 1. The number of nitrogens with two attached hydrogens (primary N) is 1. The molecule has 0 bridgehead atoms. The van der Waals surface area contributed by atoms with E-state index >= 15 is 0 Å². The van der Waals surface area contributed by atoms with E-state index in [1.165, 1.54) is 6.20 Å². The topological polar surface area (TPSA) is 146 Å². The summed E-state index contributed by atoms with van der Waals surface area (Å²) in [5.74, 6) is 1.08. The summed E-state index contributed by atoms with van der Waals surface area (Å²) < 4.78 is 36.2. The van der Waals surface area contributed by atoms with Gasteiger partial charge in [0.15, 0.2) is 21.3 Å². The third-order valence-corrected chi connectivity index (χ3v) is 7.58. The minimum atomic E-state index is -3.37. The normalized spacial score (nSPS) is 11.7. The number of anilines is 1. The fourth-order valence-corrected chi connectivity index (χ4v) is 4.50. The third-order valence-electron chi connectivity index (χ3n) is 5.40. The number of sulfone groups is 1. The van der Waals surface area contributed by atoms with E-state index in [0.717, 1.165) is 5.56 Å². The Labute approximate surface area is 208 Å². The molecule has 0 aliphatic carbocycles. The van der Waals surface area contributed by atoms with Crippen LogP contribution in [0.3, 0.4) is 0 Å². The van der Waals surface area contributed by atoms with Crippen molar-refractivity contribution in [2.24, 2.45) is 0 Å². The van der Waals surface area contributed by atoms with Crippen LogP contribution in [0, 0.1) is 0 Å². The fraction of sp³-hybridized carbons (Fsp3) is 0.250. The maximum atomic E-state index is 12.4. The number of ether oxygens (including phenoxy) is 1. The molecular weight excluding hydrogens is 468 g/mol. The highest BCUT2D eigenvalue weighted by Gasteiger charge is 2.21. The van der Waals surface area contributed by atoms with Crippen LogP contribution in [0.1, 0.15) is 23.7 Å². The van der Waals surface area contributed by atoms with Gasteiger partial charge in [-0.1, -0.05) is 18.2 Å². The van der Waals surface area contributed by atoms with Gasteiger partial charge in [-0.25, -0.2) is 18.4 Å². The lowest BCUT2D eigenvalue weighted by molar-refractivity contribution is 0.413. The molecule has 0 saturated carbocycles. The molecule has 0 saturated heterocycles. The number of rotatable bonds is 8. The lowest BCUT2D eigenvalue weighted by Gasteiger charge is -2.09. The lowest BCUT2D eigenvalue weighted by Crippen LogP contribution is -2.13. The Morgan fingerprint density at radius 3 is 2.49 bits per heavy atom. The minimum absolute atomic E-state index is 0. The van der Waals surface area contributed by atoms with Crippen molar-refractivity contribution in [2.45, 2.75) is 30.5 Å². The highest BCUT2D eigenvalue weighted by molar-refractivity contribution is 7.92. The highest BCUT2D eigenvalue weighted by atomic mass is 32.2. The molecule has 0 amide bonds. The van der Waals surface area contributed by atoms with Crippen LogP contribution in [0.15, 0.2) is 58.0 Å². The van der Waals surface area contributed by atoms with Crippen molar-refractivity contribution < 1.29 is 21.9 Å². The molecule has 3 N–H and O–H groups in total. The van der Waals surface area contributed by atoms with E-state index < -0.39 is 15.1 Å². The second-order valence-electron chi connectivity index (χ2n) is 8.08. The Hall–Kier alpha value is -3.83. The van der Waals surface area contributed by atoms with Crippen LogP contribution < -0.4 is 15.8 Å². The monoisotopic (exact) mass is 500 g/mol. The first kappa shape index (κ1) is 24.3. The van der Waals surface area contributed by atoms with Gasteiger partial charge in [-0.2, -0.15) is 0 Å². The van der Waals surface area contributed by atoms with E-state index in [1.54, 1.807) is 45.2 Å². The fourth-order valence-electron chi connectivity index (χ4n) is 3.44. The average molecular weight is 501 g/mol. The van der Waals surface area contributed by atoms with Crippen LogP contribution in [-0.2, 0) is 16.4 Å². The smallest absolute Gasteiger partial charge is 0.270 e. The molecule has 0 atom stereocenters. The van der Waals surface area contributed by atoms with Gasteiger partial charge in [-0.15, -0.1) is 10.2 Å². The second-order valence-corrected chi connectivity index (χ2v) is 10.6. The Kier molecular flexibility index (Phi) is 6.81. The van der Waals surface area contributed by atoms with Crippen molar-refractivity contribution in [3.8, 4) is 40.0 Å². The maximum absolute atomic E-state index is 12.4. The van der Waals surface area contributed by atoms with Crippen molar-refractivity contribution in [2.75, 3.05) is 19.9 Å². The number of nitrogens with zero attached hydrogens (tertiary/aromatic N) is 4. The van der Waals surface area contributed by atoms with Gasteiger partial charge in [-0.05, 0) is 50.7 Å². The third kappa shape index (κ3) is 4.86. The maximum Gasteiger partial charge on any atom is 0.270 e. The molecule has 2 aromatic carbocycles. The summed E-state index contributed by atoms with van der Waals surface area (Å²) in [5, 5.41) is 10.8. The van der Waals surface area contributed by atoms with Crippen LogP contribution in [0.4, 0.5) is 5.82 Å². The van der Waals surface area contributed by atoms with Gasteiger partial charge in [0, 0.05) is 16.4 Å². The molecule has 35 heavy (non-hydrogen) atoms. The first-order chi connectivity index (χ1) is 16.7. The van der Waals surface area contributed by atoms with Crippen molar-refractivity contribution in [1.82, 2.24) is 25.5 Å². The molecule has 11 heteroatoms. The number of hydrogen-bond donors (Lipinski definition) is 2. The molecule has 2 aromatic heterocycles. The number of nitrogen functional groups attached to an aromatic ring is 1. The summed E-state index contributed by atoms with van der Waals surface area (Å²) in [6.07, 6.45) is 1.51. The van der Waals surface area contributed by atoms with E-state index in [1.807, 2.05) is 25.2 Å². The van der Waals surface area contributed by atoms with Gasteiger partial charge < -0.3 is 20.2 Å². The highest BCUT2D eigenvalue weighted by Crippen LogP contribution is 2.33. The van der Waals surface area contributed by atoms with Crippen LogP contribution >= 0.6 is 0 Å². The zero-order chi connectivity index (χ0) is 25.2. The molecule has 0 spiro atoms. The summed E-state index contributed by atoms with van der Waals surface area (Å²) >= 11 is 0. The van der Waals surface area contributed by atoms with E-state index in [-0.39, 0.29) is 32.5 Å². The quantitative estimate of drug-likeness (QED) is 0.362. The van der Waals surface area contributed by atoms with Gasteiger partial charge in [-0.3, -0.25) is 0 Å². The summed E-state index contributed by atoms with van der Waals surface area (Å²) in [4.78, 5) is 9.02. The first-order valence-corrected chi connectivity index (χ1v) is 12.4. The summed E-state index contributed by atoms with van der Waals surface area (Å²) in [7, 11) is 0.0682. The van der Waals surface area contributed by atoms with E-state index in [4.69, 9.17) is 14.9 Å². The van der Waals surface area contributed by atoms with Crippen molar-refractivity contribution in [3.63, 3.8) is 0 Å². The van der Waals surface area contributed by atoms with E-state index in [9.17, 15) is 8.42 Å². The Morgan fingerprint density at radius 2 is 1.83 bits per heavy atom. The molecular formula is C24H32N6O4S. The van der Waals surface area contributed by atoms with E-state index in [2.05, 4.69) is 25.5 Å². The van der Waals surface area contributed by atoms with Gasteiger partial charge in [0.05, 0.1) is 34.7 Å². The largest absolute Gasteiger partial charge is 0.496 e.